The van der Waals surface area contributed by atoms with E-state index in [1.807, 2.05) is 18.0 Å². The van der Waals surface area contributed by atoms with Crippen LogP contribution in [0.4, 0.5) is 0 Å². The van der Waals surface area contributed by atoms with Crippen molar-refractivity contribution in [2.45, 2.75) is 31.9 Å². The lowest BCUT2D eigenvalue weighted by Crippen LogP contribution is -2.41. The molecule has 0 bridgehead atoms. The molecule has 1 fully saturated rings. The standard InChI is InChI=1S/C13H22N4O2.HI/c1-14-13(15-8-10-4-3-5-12(10)18)17(2)9-11-6-7-19-16-11;/h6-7,10,12,18H,3-5,8-9H2,1-2H3,(H,14,15);1H. The summed E-state index contributed by atoms with van der Waals surface area (Å²) in [6.07, 6.45) is 4.50. The number of hydrogen-bond acceptors (Lipinski definition) is 4. The number of nitrogens with zero attached hydrogens (tertiary/aromatic N) is 3. The Kier molecular flexibility index (Phi) is 7.28. The van der Waals surface area contributed by atoms with Crippen LogP contribution in [0.15, 0.2) is 21.8 Å². The van der Waals surface area contributed by atoms with E-state index in [-0.39, 0.29) is 30.1 Å². The zero-order chi connectivity index (χ0) is 13.7. The van der Waals surface area contributed by atoms with Crippen molar-refractivity contribution in [1.29, 1.82) is 0 Å². The van der Waals surface area contributed by atoms with E-state index < -0.39 is 0 Å². The number of aliphatic imine (C=N–C) groups is 1. The lowest BCUT2D eigenvalue weighted by atomic mass is 10.1. The molecule has 114 valence electrons. The maximum atomic E-state index is 9.80. The maximum absolute atomic E-state index is 9.80. The Morgan fingerprint density at radius 3 is 2.95 bits per heavy atom. The van der Waals surface area contributed by atoms with Crippen molar-refractivity contribution in [2.24, 2.45) is 10.9 Å². The summed E-state index contributed by atoms with van der Waals surface area (Å²) >= 11 is 0. The van der Waals surface area contributed by atoms with Gasteiger partial charge in [0.15, 0.2) is 5.96 Å². The average Bonchev–Trinajstić information content (AvgIpc) is 3.02. The molecule has 0 amide bonds. The highest BCUT2D eigenvalue weighted by atomic mass is 127. The van der Waals surface area contributed by atoms with Crippen LogP contribution in [0.5, 0.6) is 0 Å². The molecule has 2 N–H and O–H groups in total. The van der Waals surface area contributed by atoms with Crippen molar-refractivity contribution < 1.29 is 9.63 Å². The highest BCUT2D eigenvalue weighted by Crippen LogP contribution is 2.24. The Morgan fingerprint density at radius 2 is 2.40 bits per heavy atom. The van der Waals surface area contributed by atoms with Crippen molar-refractivity contribution in [3.63, 3.8) is 0 Å². The summed E-state index contributed by atoms with van der Waals surface area (Å²) in [6.45, 7) is 1.40. The predicted molar refractivity (Wildman–Crippen MR) is 88.1 cm³/mol. The first-order valence-electron chi connectivity index (χ1n) is 6.70. The van der Waals surface area contributed by atoms with E-state index in [1.165, 1.54) is 0 Å². The molecule has 2 unspecified atom stereocenters. The monoisotopic (exact) mass is 394 g/mol. The Labute approximate surface area is 136 Å². The van der Waals surface area contributed by atoms with Gasteiger partial charge in [0.1, 0.15) is 12.0 Å². The zero-order valence-corrected chi connectivity index (χ0v) is 14.3. The summed E-state index contributed by atoms with van der Waals surface area (Å²) in [6, 6.07) is 1.84. The van der Waals surface area contributed by atoms with Crippen LogP contribution >= 0.6 is 24.0 Å². The highest BCUT2D eigenvalue weighted by Gasteiger charge is 2.25. The summed E-state index contributed by atoms with van der Waals surface area (Å²) < 4.78 is 4.81. The molecule has 7 heteroatoms. The van der Waals surface area contributed by atoms with Crippen LogP contribution in [0, 0.1) is 5.92 Å². The first kappa shape index (κ1) is 17.2. The van der Waals surface area contributed by atoms with Gasteiger partial charge in [-0.25, -0.2) is 0 Å². The molecule has 2 atom stereocenters. The maximum Gasteiger partial charge on any atom is 0.193 e. The van der Waals surface area contributed by atoms with Crippen LogP contribution in [0.3, 0.4) is 0 Å². The van der Waals surface area contributed by atoms with Gasteiger partial charge in [-0.2, -0.15) is 0 Å². The first-order chi connectivity index (χ1) is 9.20. The van der Waals surface area contributed by atoms with E-state index in [9.17, 15) is 5.11 Å². The van der Waals surface area contributed by atoms with Gasteiger partial charge in [-0.05, 0) is 12.8 Å². The third kappa shape index (κ3) is 4.62. The Balaban J connectivity index is 0.00000200. The topological polar surface area (TPSA) is 73.9 Å². The summed E-state index contributed by atoms with van der Waals surface area (Å²) in [4.78, 5) is 6.23. The Morgan fingerprint density at radius 1 is 1.60 bits per heavy atom. The fourth-order valence-electron chi connectivity index (χ4n) is 2.50. The van der Waals surface area contributed by atoms with Gasteiger partial charge in [0.05, 0.1) is 12.6 Å². The van der Waals surface area contributed by atoms with Gasteiger partial charge in [-0.1, -0.05) is 11.6 Å². The smallest absolute Gasteiger partial charge is 0.193 e. The second kappa shape index (κ2) is 8.46. The molecule has 1 saturated carbocycles. The molecule has 6 nitrogen and oxygen atoms in total. The van der Waals surface area contributed by atoms with Crippen molar-refractivity contribution >= 4 is 29.9 Å². The second-order valence-corrected chi connectivity index (χ2v) is 5.03. The second-order valence-electron chi connectivity index (χ2n) is 5.03. The molecule has 0 spiro atoms. The number of hydrogen-bond donors (Lipinski definition) is 2. The van der Waals surface area contributed by atoms with E-state index in [2.05, 4.69) is 15.5 Å². The van der Waals surface area contributed by atoms with E-state index in [1.54, 1.807) is 13.3 Å². The predicted octanol–water partition coefficient (Wildman–Crippen LogP) is 1.46. The summed E-state index contributed by atoms with van der Waals surface area (Å²) in [7, 11) is 3.71. The van der Waals surface area contributed by atoms with Crippen LogP contribution in [-0.4, -0.2) is 47.9 Å². The molecule has 0 aromatic carbocycles. The lowest BCUT2D eigenvalue weighted by Gasteiger charge is -2.23. The SMILES string of the molecule is CN=C(NCC1CCCC1O)N(C)Cc1ccon1.I. The van der Waals surface area contributed by atoms with Crippen molar-refractivity contribution in [1.82, 2.24) is 15.4 Å². The Bertz CT molecular complexity index is 411. The summed E-state index contributed by atoms with van der Waals surface area (Å²) in [5.74, 6) is 1.14. The zero-order valence-electron chi connectivity index (χ0n) is 12.0. The van der Waals surface area contributed by atoms with Gasteiger partial charge >= 0.3 is 0 Å². The van der Waals surface area contributed by atoms with Crippen LogP contribution in [0.1, 0.15) is 25.0 Å². The summed E-state index contributed by atoms with van der Waals surface area (Å²) in [5, 5.41) is 17.0. The van der Waals surface area contributed by atoms with E-state index in [4.69, 9.17) is 4.52 Å². The molecule has 0 saturated heterocycles. The van der Waals surface area contributed by atoms with E-state index >= 15 is 0 Å². The van der Waals surface area contributed by atoms with Gasteiger partial charge in [0.25, 0.3) is 0 Å². The van der Waals surface area contributed by atoms with Gasteiger partial charge in [-0.15, -0.1) is 24.0 Å². The number of aromatic nitrogens is 1. The first-order valence-corrected chi connectivity index (χ1v) is 6.70. The van der Waals surface area contributed by atoms with Crippen molar-refractivity contribution in [2.75, 3.05) is 20.6 Å². The number of nitrogens with one attached hydrogen (secondary N) is 1. The molecule has 1 aliphatic carbocycles. The van der Waals surface area contributed by atoms with E-state index in [0.717, 1.165) is 37.5 Å². The van der Waals surface area contributed by atoms with Gasteiger partial charge in [0.2, 0.25) is 0 Å². The van der Waals surface area contributed by atoms with Crippen molar-refractivity contribution in [3.05, 3.63) is 18.0 Å². The normalized spacial score (nSPS) is 22.4. The van der Waals surface area contributed by atoms with E-state index in [0.29, 0.717) is 12.5 Å². The molecule has 0 radical (unpaired) electrons. The molecule has 20 heavy (non-hydrogen) atoms. The number of aliphatic hydroxyl groups is 1. The number of aliphatic hydroxyl groups excluding tert-OH is 1. The minimum absolute atomic E-state index is 0. The fourth-order valence-corrected chi connectivity index (χ4v) is 2.50. The van der Waals surface area contributed by atoms with Crippen LogP contribution in [-0.2, 0) is 6.54 Å². The number of guanidine groups is 1. The van der Waals surface area contributed by atoms with Gasteiger partial charge < -0.3 is 19.8 Å². The molecule has 1 aliphatic rings. The van der Waals surface area contributed by atoms with Crippen LogP contribution in [0.2, 0.25) is 0 Å². The number of rotatable bonds is 4. The van der Waals surface area contributed by atoms with Gasteiger partial charge in [-0.3, -0.25) is 4.99 Å². The molecular formula is C13H23IN4O2. The van der Waals surface area contributed by atoms with Gasteiger partial charge in [0, 0.05) is 32.6 Å². The summed E-state index contributed by atoms with van der Waals surface area (Å²) in [5.41, 5.74) is 0.867. The average molecular weight is 394 g/mol. The molecule has 2 rings (SSSR count). The van der Waals surface area contributed by atoms with Crippen LogP contribution < -0.4 is 5.32 Å². The molecular weight excluding hydrogens is 371 g/mol. The molecule has 1 aromatic heterocycles. The minimum Gasteiger partial charge on any atom is -0.393 e. The fraction of sp³-hybridized carbons (Fsp3) is 0.692. The molecule has 1 aromatic rings. The van der Waals surface area contributed by atoms with Crippen molar-refractivity contribution in [3.8, 4) is 0 Å². The number of halogens is 1. The third-order valence-corrected chi connectivity index (χ3v) is 3.61. The Hall–Kier alpha value is -0.830. The largest absolute Gasteiger partial charge is 0.393 e. The molecule has 0 aliphatic heterocycles. The molecule has 1 heterocycles. The highest BCUT2D eigenvalue weighted by molar-refractivity contribution is 14.0. The minimum atomic E-state index is -0.175. The quantitative estimate of drug-likeness (QED) is 0.460. The lowest BCUT2D eigenvalue weighted by molar-refractivity contribution is 0.134. The van der Waals surface area contributed by atoms with Crippen LogP contribution in [0.25, 0.3) is 0 Å². The third-order valence-electron chi connectivity index (χ3n) is 3.61.